The summed E-state index contributed by atoms with van der Waals surface area (Å²) in [6.45, 7) is 5.54. The smallest absolute Gasteiger partial charge is 0.428 e. The van der Waals surface area contributed by atoms with Crippen LogP contribution in [0.4, 0.5) is 22.0 Å². The topological polar surface area (TPSA) is 46.5 Å². The van der Waals surface area contributed by atoms with Crippen LogP contribution in [0.2, 0.25) is 0 Å². The van der Waals surface area contributed by atoms with Gasteiger partial charge in [0, 0.05) is 0 Å². The maximum Gasteiger partial charge on any atom is 0.428 e. The summed E-state index contributed by atoms with van der Waals surface area (Å²) in [7, 11) is 0. The number of carboxylic acid groups (broad SMARTS) is 1. The highest BCUT2D eigenvalue weighted by Crippen LogP contribution is 2.74. The zero-order valence-electron chi connectivity index (χ0n) is 10.5. The van der Waals surface area contributed by atoms with Crippen LogP contribution < -0.4 is 0 Å². The van der Waals surface area contributed by atoms with Crippen LogP contribution in [-0.2, 0) is 9.53 Å². The van der Waals surface area contributed by atoms with Gasteiger partial charge in [-0.2, -0.15) is 22.0 Å². The third-order valence-electron chi connectivity index (χ3n) is 3.69. The fourth-order valence-corrected chi connectivity index (χ4v) is 2.74. The van der Waals surface area contributed by atoms with E-state index in [2.05, 4.69) is 11.3 Å². The zero-order valence-corrected chi connectivity index (χ0v) is 11.2. The fraction of sp³-hybridized carbons (Fsp3) is 0.727. The Hall–Kier alpha value is -0.890. The van der Waals surface area contributed by atoms with Gasteiger partial charge >= 0.3 is 18.3 Å². The molecule has 1 saturated carbocycles. The molecule has 0 aromatic rings. The molecular formula is C11H12ClF5O3. The molecule has 0 heterocycles. The van der Waals surface area contributed by atoms with Crippen LogP contribution in [0.25, 0.3) is 0 Å². The van der Waals surface area contributed by atoms with E-state index in [1.165, 1.54) is 13.8 Å². The standard InChI is InChI=1S/C11H12ClF5O3/c1-4-9(7(18)19)5(8(9,2)3)11(16,17)20-6(12)10(13,14)15/h4-6H,1H2,2-3H3,(H,18,19). The molecule has 9 heteroatoms. The van der Waals surface area contributed by atoms with Crippen LogP contribution in [0.3, 0.4) is 0 Å². The number of carboxylic acids is 1. The molecule has 3 nitrogen and oxygen atoms in total. The van der Waals surface area contributed by atoms with E-state index in [1.54, 1.807) is 0 Å². The van der Waals surface area contributed by atoms with E-state index in [4.69, 9.17) is 16.7 Å². The predicted octanol–water partition coefficient (Wildman–Crippen LogP) is 3.64. The van der Waals surface area contributed by atoms with Crippen LogP contribution in [-0.4, -0.2) is 28.9 Å². The van der Waals surface area contributed by atoms with Crippen molar-refractivity contribution in [1.82, 2.24) is 0 Å². The molecule has 20 heavy (non-hydrogen) atoms. The van der Waals surface area contributed by atoms with E-state index in [1.807, 2.05) is 0 Å². The summed E-state index contributed by atoms with van der Waals surface area (Å²) >= 11 is 4.72. The lowest BCUT2D eigenvalue weighted by Gasteiger charge is -2.23. The summed E-state index contributed by atoms with van der Waals surface area (Å²) in [5.74, 6) is -3.61. The Labute approximate surface area is 116 Å². The molecule has 0 aliphatic heterocycles. The molecule has 116 valence electrons. The second kappa shape index (κ2) is 4.56. The fourth-order valence-electron chi connectivity index (χ4n) is 2.62. The second-order valence-corrected chi connectivity index (χ2v) is 5.47. The van der Waals surface area contributed by atoms with Gasteiger partial charge in [0.2, 0.25) is 5.56 Å². The first kappa shape index (κ1) is 17.2. The number of halogens is 6. The molecule has 0 spiro atoms. The van der Waals surface area contributed by atoms with Gasteiger partial charge in [0.25, 0.3) is 0 Å². The molecule has 3 atom stereocenters. The lowest BCUT2D eigenvalue weighted by molar-refractivity contribution is -0.316. The van der Waals surface area contributed by atoms with E-state index < -0.39 is 40.6 Å². The average molecular weight is 323 g/mol. The second-order valence-electron chi connectivity index (χ2n) is 5.07. The van der Waals surface area contributed by atoms with Crippen LogP contribution in [0.5, 0.6) is 0 Å². The summed E-state index contributed by atoms with van der Waals surface area (Å²) in [4.78, 5) is 11.2. The van der Waals surface area contributed by atoms with Crippen LogP contribution in [0.1, 0.15) is 13.8 Å². The molecule has 1 aliphatic rings. The summed E-state index contributed by atoms with van der Waals surface area (Å²) in [6, 6.07) is 0. The van der Waals surface area contributed by atoms with Crippen molar-refractivity contribution in [3.8, 4) is 0 Å². The van der Waals surface area contributed by atoms with Crippen molar-refractivity contribution in [3.05, 3.63) is 12.7 Å². The molecule has 1 rings (SSSR count). The van der Waals surface area contributed by atoms with E-state index >= 15 is 0 Å². The van der Waals surface area contributed by atoms with Gasteiger partial charge in [-0.25, -0.2) is 0 Å². The van der Waals surface area contributed by atoms with E-state index in [-0.39, 0.29) is 0 Å². The Morgan fingerprint density at radius 2 is 1.85 bits per heavy atom. The first-order valence-corrected chi connectivity index (χ1v) is 5.82. The third-order valence-corrected chi connectivity index (χ3v) is 4.03. The first-order chi connectivity index (χ1) is 8.75. The molecule has 0 aromatic carbocycles. The summed E-state index contributed by atoms with van der Waals surface area (Å²) in [5, 5.41) is 9.05. The van der Waals surface area contributed by atoms with Crippen molar-refractivity contribution in [1.29, 1.82) is 0 Å². The van der Waals surface area contributed by atoms with E-state index in [0.717, 1.165) is 6.08 Å². The largest absolute Gasteiger partial charge is 0.481 e. The molecule has 1 N–H and O–H groups in total. The highest BCUT2D eigenvalue weighted by atomic mass is 35.5. The SMILES string of the molecule is C=CC1(C(=O)O)C(C(F)(F)OC(Cl)C(F)(F)F)C1(C)C. The number of carbonyl (C=O) groups is 1. The molecule has 0 aromatic heterocycles. The third kappa shape index (κ3) is 2.28. The number of hydrogen-bond acceptors (Lipinski definition) is 2. The number of hydrogen-bond donors (Lipinski definition) is 1. The molecule has 0 bridgehead atoms. The summed E-state index contributed by atoms with van der Waals surface area (Å²) in [6.07, 6.45) is -8.77. The molecular weight excluding hydrogens is 311 g/mol. The highest BCUT2D eigenvalue weighted by molar-refractivity contribution is 6.20. The van der Waals surface area contributed by atoms with Gasteiger partial charge in [0.15, 0.2) is 0 Å². The van der Waals surface area contributed by atoms with E-state index in [9.17, 15) is 26.7 Å². The van der Waals surface area contributed by atoms with Crippen molar-refractivity contribution < 1.29 is 36.6 Å². The monoisotopic (exact) mass is 322 g/mol. The molecule has 1 aliphatic carbocycles. The van der Waals surface area contributed by atoms with Gasteiger partial charge in [-0.05, 0) is 5.41 Å². The molecule has 0 amide bonds. The highest BCUT2D eigenvalue weighted by Gasteiger charge is 2.83. The Morgan fingerprint density at radius 1 is 1.40 bits per heavy atom. The Kier molecular flexibility index (Phi) is 3.91. The maximum atomic E-state index is 13.8. The Balaban J connectivity index is 3.06. The van der Waals surface area contributed by atoms with Gasteiger partial charge in [0.05, 0.1) is 5.92 Å². The van der Waals surface area contributed by atoms with Crippen molar-refractivity contribution in [2.45, 2.75) is 31.7 Å². The quantitative estimate of drug-likeness (QED) is 0.477. The minimum atomic E-state index is -5.19. The van der Waals surface area contributed by atoms with Crippen molar-refractivity contribution >= 4 is 17.6 Å². The number of alkyl halides is 6. The maximum absolute atomic E-state index is 13.8. The van der Waals surface area contributed by atoms with Crippen molar-refractivity contribution in [2.75, 3.05) is 0 Å². The van der Waals surface area contributed by atoms with Crippen LogP contribution in [0, 0.1) is 16.7 Å². The summed E-state index contributed by atoms with van der Waals surface area (Å²) in [5.41, 5.74) is -6.82. The molecule has 3 unspecified atom stereocenters. The van der Waals surface area contributed by atoms with Gasteiger partial charge in [-0.1, -0.05) is 31.5 Å². The summed E-state index contributed by atoms with van der Waals surface area (Å²) < 4.78 is 67.7. The Morgan fingerprint density at radius 3 is 2.10 bits per heavy atom. The molecule has 0 radical (unpaired) electrons. The van der Waals surface area contributed by atoms with Gasteiger partial charge in [-0.15, -0.1) is 6.58 Å². The zero-order chi connectivity index (χ0) is 16.1. The van der Waals surface area contributed by atoms with Crippen molar-refractivity contribution in [2.24, 2.45) is 16.7 Å². The molecule has 1 fully saturated rings. The van der Waals surface area contributed by atoms with Crippen LogP contribution in [0.15, 0.2) is 12.7 Å². The minimum absolute atomic E-state index is 0.786. The number of ether oxygens (including phenoxy) is 1. The number of aliphatic carboxylic acids is 1. The van der Waals surface area contributed by atoms with Gasteiger partial charge in [0.1, 0.15) is 5.41 Å². The van der Waals surface area contributed by atoms with Crippen LogP contribution >= 0.6 is 11.6 Å². The van der Waals surface area contributed by atoms with Gasteiger partial charge in [-0.3, -0.25) is 9.53 Å². The average Bonchev–Trinajstić information content (AvgIpc) is 2.75. The number of rotatable bonds is 5. The lowest BCUT2D eigenvalue weighted by Crippen LogP contribution is -2.38. The lowest BCUT2D eigenvalue weighted by atomic mass is 9.96. The first-order valence-electron chi connectivity index (χ1n) is 5.38. The van der Waals surface area contributed by atoms with E-state index in [0.29, 0.717) is 0 Å². The predicted molar refractivity (Wildman–Crippen MR) is 59.3 cm³/mol. The van der Waals surface area contributed by atoms with Crippen molar-refractivity contribution in [3.63, 3.8) is 0 Å². The molecule has 0 saturated heterocycles. The van der Waals surface area contributed by atoms with Gasteiger partial charge < -0.3 is 5.11 Å². The minimum Gasteiger partial charge on any atom is -0.481 e. The normalized spacial score (nSPS) is 30.7. The Bertz CT molecular complexity index is 434.